The molecule has 1 amide bonds. The van der Waals surface area contributed by atoms with E-state index in [2.05, 4.69) is 5.32 Å². The van der Waals surface area contributed by atoms with Crippen molar-refractivity contribution >= 4 is 34.2 Å². The molecule has 162 valence electrons. The van der Waals surface area contributed by atoms with E-state index in [9.17, 15) is 19.5 Å². The number of thiophene rings is 1. The van der Waals surface area contributed by atoms with Crippen molar-refractivity contribution in [2.75, 3.05) is 12.4 Å². The van der Waals surface area contributed by atoms with Crippen molar-refractivity contribution in [3.8, 4) is 11.1 Å². The van der Waals surface area contributed by atoms with Gasteiger partial charge in [0, 0.05) is 10.4 Å². The Balaban J connectivity index is 1.74. The monoisotopic (exact) mass is 439 g/mol. The van der Waals surface area contributed by atoms with Crippen LogP contribution in [0.4, 0.5) is 5.00 Å². The van der Waals surface area contributed by atoms with Crippen LogP contribution in [0.25, 0.3) is 11.1 Å². The SMILES string of the molecule is CCc1sc(NC(=O)[C@H]2[C@H](C(=O)O)[C@H]3C=C[C@H]2CC3)c(C(=O)OC)c1-c1ccccc1. The number of ether oxygens (including phenoxy) is 1. The van der Waals surface area contributed by atoms with Gasteiger partial charge in [0.05, 0.1) is 18.9 Å². The lowest BCUT2D eigenvalue weighted by Crippen LogP contribution is -2.47. The second-order valence-electron chi connectivity index (χ2n) is 7.98. The van der Waals surface area contributed by atoms with Crippen molar-refractivity contribution in [1.29, 1.82) is 0 Å². The van der Waals surface area contributed by atoms with Crippen LogP contribution in [0, 0.1) is 23.7 Å². The van der Waals surface area contributed by atoms with Crippen LogP contribution >= 0.6 is 11.3 Å². The van der Waals surface area contributed by atoms with Crippen molar-refractivity contribution in [2.24, 2.45) is 23.7 Å². The van der Waals surface area contributed by atoms with Gasteiger partial charge < -0.3 is 15.2 Å². The molecule has 31 heavy (non-hydrogen) atoms. The van der Waals surface area contributed by atoms with Crippen LogP contribution in [0.5, 0.6) is 0 Å². The predicted octanol–water partition coefficient (Wildman–Crippen LogP) is 4.62. The van der Waals surface area contributed by atoms with Gasteiger partial charge in [0.25, 0.3) is 0 Å². The highest BCUT2D eigenvalue weighted by Crippen LogP contribution is 2.47. The van der Waals surface area contributed by atoms with E-state index in [1.165, 1.54) is 18.4 Å². The number of methoxy groups -OCH3 is 1. The van der Waals surface area contributed by atoms with Crippen LogP contribution in [0.1, 0.15) is 35.0 Å². The first kappa shape index (κ1) is 21.3. The van der Waals surface area contributed by atoms with Crippen LogP contribution in [0.3, 0.4) is 0 Å². The van der Waals surface area contributed by atoms with Crippen LogP contribution < -0.4 is 5.32 Å². The summed E-state index contributed by atoms with van der Waals surface area (Å²) in [5.41, 5.74) is 1.96. The number of carbonyl (C=O) groups is 3. The molecule has 4 atom stereocenters. The number of anilines is 1. The van der Waals surface area contributed by atoms with Crippen molar-refractivity contribution in [3.63, 3.8) is 0 Å². The van der Waals surface area contributed by atoms with Gasteiger partial charge in [-0.1, -0.05) is 49.4 Å². The van der Waals surface area contributed by atoms with Crippen LogP contribution in [0.15, 0.2) is 42.5 Å². The molecule has 2 N–H and O–H groups in total. The largest absolute Gasteiger partial charge is 0.481 e. The molecule has 3 aliphatic rings. The third kappa shape index (κ3) is 3.78. The fourth-order valence-corrected chi connectivity index (χ4v) is 6.06. The van der Waals surface area contributed by atoms with Gasteiger partial charge in [-0.2, -0.15) is 0 Å². The molecule has 0 saturated heterocycles. The quantitative estimate of drug-likeness (QED) is 0.506. The Labute approximate surface area is 184 Å². The Morgan fingerprint density at radius 2 is 1.74 bits per heavy atom. The number of carboxylic acid groups (broad SMARTS) is 1. The zero-order valence-corrected chi connectivity index (χ0v) is 18.3. The molecule has 5 rings (SSSR count). The van der Waals surface area contributed by atoms with Gasteiger partial charge in [0.2, 0.25) is 5.91 Å². The van der Waals surface area contributed by atoms with Crippen LogP contribution in [0.2, 0.25) is 0 Å². The lowest BCUT2D eigenvalue weighted by molar-refractivity contribution is -0.151. The third-order valence-corrected chi connectivity index (χ3v) is 7.58. The molecule has 0 aliphatic heterocycles. The van der Waals surface area contributed by atoms with Gasteiger partial charge in [-0.25, -0.2) is 4.79 Å². The van der Waals surface area contributed by atoms with E-state index in [4.69, 9.17) is 4.74 Å². The molecule has 0 unspecified atom stereocenters. The highest BCUT2D eigenvalue weighted by Gasteiger charge is 2.48. The van der Waals surface area contributed by atoms with E-state index in [1.807, 2.05) is 49.4 Å². The lowest BCUT2D eigenvalue weighted by atomic mass is 9.62. The topological polar surface area (TPSA) is 92.7 Å². The first-order valence-electron chi connectivity index (χ1n) is 10.5. The second kappa shape index (κ2) is 8.67. The smallest absolute Gasteiger partial charge is 0.341 e. The summed E-state index contributed by atoms with van der Waals surface area (Å²) in [6, 6.07) is 9.54. The number of esters is 1. The number of allylic oxidation sites excluding steroid dienone is 2. The summed E-state index contributed by atoms with van der Waals surface area (Å²) < 4.78 is 5.04. The normalized spacial score (nSPS) is 24.1. The van der Waals surface area contributed by atoms with E-state index in [0.717, 1.165) is 28.8 Å². The maximum Gasteiger partial charge on any atom is 0.341 e. The van der Waals surface area contributed by atoms with E-state index in [0.29, 0.717) is 17.0 Å². The molecule has 1 aromatic carbocycles. The predicted molar refractivity (Wildman–Crippen MR) is 119 cm³/mol. The number of benzene rings is 1. The lowest BCUT2D eigenvalue weighted by Gasteiger charge is -2.41. The molecular weight excluding hydrogens is 414 g/mol. The number of nitrogens with one attached hydrogen (secondary N) is 1. The average molecular weight is 440 g/mol. The summed E-state index contributed by atoms with van der Waals surface area (Å²) in [6.45, 7) is 2.00. The number of fused-ring (bicyclic) bond motifs is 2. The van der Waals surface area contributed by atoms with Gasteiger partial charge in [0.1, 0.15) is 10.6 Å². The summed E-state index contributed by atoms with van der Waals surface area (Å²) in [4.78, 5) is 39.0. The molecule has 2 bridgehead atoms. The van der Waals surface area contributed by atoms with Gasteiger partial charge in [-0.3, -0.25) is 9.59 Å². The fourth-order valence-electron chi connectivity index (χ4n) is 4.91. The van der Waals surface area contributed by atoms with Gasteiger partial charge in [0.15, 0.2) is 0 Å². The van der Waals surface area contributed by atoms with Gasteiger partial charge >= 0.3 is 11.9 Å². The van der Waals surface area contributed by atoms with Crippen LogP contribution in [-0.4, -0.2) is 30.1 Å². The van der Waals surface area contributed by atoms with E-state index in [1.54, 1.807) is 0 Å². The molecule has 1 aromatic heterocycles. The van der Waals surface area contributed by atoms with Gasteiger partial charge in [-0.15, -0.1) is 11.3 Å². The number of aryl methyl sites for hydroxylation is 1. The first-order valence-corrected chi connectivity index (χ1v) is 11.3. The number of carboxylic acids is 1. The summed E-state index contributed by atoms with van der Waals surface area (Å²) in [5.74, 6) is -3.45. The molecule has 3 aliphatic carbocycles. The molecule has 0 spiro atoms. The zero-order valence-electron chi connectivity index (χ0n) is 17.5. The summed E-state index contributed by atoms with van der Waals surface area (Å²) in [7, 11) is 1.32. The minimum absolute atomic E-state index is 0.105. The second-order valence-corrected chi connectivity index (χ2v) is 9.09. The number of carbonyl (C=O) groups excluding carboxylic acids is 2. The standard InChI is InChI=1S/C24H25NO5S/c1-3-16-17(13-7-5-4-6-8-13)20(24(29)30-2)22(31-16)25-21(26)18-14-9-11-15(12-10-14)19(18)23(27)28/h4-9,11,14-15,18-19H,3,10,12H2,1-2H3,(H,25,26)(H,27,28)/t14-,15-,18+,19+/m0/s1. The maximum atomic E-state index is 13.3. The van der Waals surface area contributed by atoms with Crippen molar-refractivity contribution < 1.29 is 24.2 Å². The number of aliphatic carboxylic acids is 1. The summed E-state index contributed by atoms with van der Waals surface area (Å²) in [5, 5.41) is 13.1. The Bertz CT molecular complexity index is 1040. The number of hydrogen-bond acceptors (Lipinski definition) is 5. The molecule has 1 saturated carbocycles. The molecule has 2 aromatic rings. The van der Waals surface area contributed by atoms with Crippen molar-refractivity contribution in [3.05, 3.63) is 52.9 Å². The minimum Gasteiger partial charge on any atom is -0.481 e. The third-order valence-electron chi connectivity index (χ3n) is 6.33. The summed E-state index contributed by atoms with van der Waals surface area (Å²) in [6.07, 6.45) is 6.17. The van der Waals surface area contributed by atoms with E-state index in [-0.39, 0.29) is 17.7 Å². The Morgan fingerprint density at radius 1 is 1.10 bits per heavy atom. The van der Waals surface area contributed by atoms with Crippen molar-refractivity contribution in [1.82, 2.24) is 0 Å². The highest BCUT2D eigenvalue weighted by molar-refractivity contribution is 7.17. The van der Waals surface area contributed by atoms with Crippen LogP contribution in [-0.2, 0) is 20.7 Å². The average Bonchev–Trinajstić information content (AvgIpc) is 3.17. The first-order chi connectivity index (χ1) is 15.0. The maximum absolute atomic E-state index is 13.3. The Morgan fingerprint density at radius 3 is 2.29 bits per heavy atom. The van der Waals surface area contributed by atoms with E-state index >= 15 is 0 Å². The number of hydrogen-bond donors (Lipinski definition) is 2. The number of amides is 1. The molecule has 1 heterocycles. The van der Waals surface area contributed by atoms with E-state index < -0.39 is 23.8 Å². The molecule has 7 heteroatoms. The van der Waals surface area contributed by atoms with Gasteiger partial charge in [-0.05, 0) is 36.7 Å². The summed E-state index contributed by atoms with van der Waals surface area (Å²) >= 11 is 1.35. The zero-order chi connectivity index (χ0) is 22.1. The molecular formula is C24H25NO5S. The molecule has 0 radical (unpaired) electrons. The Hall–Kier alpha value is -2.93. The molecule has 6 nitrogen and oxygen atoms in total. The van der Waals surface area contributed by atoms with Crippen molar-refractivity contribution in [2.45, 2.75) is 26.2 Å². The minimum atomic E-state index is -0.946. The fraction of sp³-hybridized carbons (Fsp3) is 0.375. The Kier molecular flexibility index (Phi) is 5.96. The highest BCUT2D eigenvalue weighted by atomic mass is 32.1. The number of rotatable bonds is 6. The molecule has 1 fully saturated rings.